The fourth-order valence-electron chi connectivity index (χ4n) is 1.92. The summed E-state index contributed by atoms with van der Waals surface area (Å²) in [6.45, 7) is 4.06. The van der Waals surface area contributed by atoms with E-state index in [9.17, 15) is 0 Å². The van der Waals surface area contributed by atoms with Crippen molar-refractivity contribution in [3.05, 3.63) is 46.2 Å². The van der Waals surface area contributed by atoms with Crippen molar-refractivity contribution in [1.29, 1.82) is 5.26 Å². The summed E-state index contributed by atoms with van der Waals surface area (Å²) in [6, 6.07) is 9.99. The molecule has 92 valence electrons. The van der Waals surface area contributed by atoms with Crippen LogP contribution in [0.3, 0.4) is 0 Å². The quantitative estimate of drug-likeness (QED) is 0.844. The van der Waals surface area contributed by atoms with Crippen LogP contribution >= 0.6 is 11.6 Å². The zero-order valence-electron chi connectivity index (χ0n) is 10.4. The lowest BCUT2D eigenvalue weighted by molar-refractivity contribution is 0.803. The number of nitrogens with zero attached hydrogens (tertiary/aromatic N) is 3. The Bertz CT molecular complexity index is 608. The van der Waals surface area contributed by atoms with Gasteiger partial charge in [-0.3, -0.25) is 0 Å². The molecule has 0 amide bonds. The number of nitriles is 1. The van der Waals surface area contributed by atoms with E-state index in [-0.39, 0.29) is 0 Å². The van der Waals surface area contributed by atoms with E-state index < -0.39 is 0 Å². The van der Waals surface area contributed by atoms with Crippen LogP contribution in [0.2, 0.25) is 5.15 Å². The molecule has 1 aromatic heterocycles. The first kappa shape index (κ1) is 12.7. The molecule has 0 radical (unpaired) electrons. The Morgan fingerprint density at radius 3 is 2.72 bits per heavy atom. The Kier molecular flexibility index (Phi) is 3.69. The summed E-state index contributed by atoms with van der Waals surface area (Å²) in [7, 11) is 0. The molecule has 0 aliphatic carbocycles. The zero-order chi connectivity index (χ0) is 13.1. The summed E-state index contributed by atoms with van der Waals surface area (Å²) in [5.41, 5.74) is 3.26. The highest BCUT2D eigenvalue weighted by atomic mass is 35.5. The van der Waals surface area contributed by atoms with Gasteiger partial charge in [0.05, 0.1) is 11.4 Å². The van der Waals surface area contributed by atoms with Gasteiger partial charge < -0.3 is 0 Å². The maximum Gasteiger partial charge on any atom is 0.150 e. The lowest BCUT2D eigenvalue weighted by atomic mass is 10.2. The Morgan fingerprint density at radius 1 is 1.39 bits per heavy atom. The van der Waals surface area contributed by atoms with E-state index >= 15 is 0 Å². The monoisotopic (exact) mass is 259 g/mol. The van der Waals surface area contributed by atoms with E-state index in [4.69, 9.17) is 16.9 Å². The number of aromatic nitrogens is 2. The molecule has 0 atom stereocenters. The van der Waals surface area contributed by atoms with Crippen LogP contribution in [0.1, 0.15) is 30.2 Å². The van der Waals surface area contributed by atoms with Crippen molar-refractivity contribution in [2.24, 2.45) is 0 Å². The molecule has 0 N–H and O–H groups in total. The van der Waals surface area contributed by atoms with Crippen molar-refractivity contribution in [1.82, 2.24) is 9.78 Å². The molecule has 0 unspecified atom stereocenters. The van der Waals surface area contributed by atoms with Gasteiger partial charge in [0.15, 0.2) is 5.15 Å². The van der Waals surface area contributed by atoms with Crippen LogP contribution in [0.5, 0.6) is 0 Å². The number of aryl methyl sites for hydroxylation is 2. The van der Waals surface area contributed by atoms with E-state index in [0.29, 0.717) is 10.7 Å². The number of benzene rings is 1. The number of hydrogen-bond donors (Lipinski definition) is 0. The topological polar surface area (TPSA) is 41.6 Å². The van der Waals surface area contributed by atoms with Crippen molar-refractivity contribution in [2.45, 2.75) is 26.7 Å². The van der Waals surface area contributed by atoms with Gasteiger partial charge in [0.25, 0.3) is 0 Å². The van der Waals surface area contributed by atoms with Crippen LogP contribution < -0.4 is 0 Å². The van der Waals surface area contributed by atoms with Crippen LogP contribution in [0.25, 0.3) is 5.69 Å². The molecule has 0 aliphatic rings. The minimum atomic E-state index is 0.398. The first-order valence-corrected chi connectivity index (χ1v) is 6.30. The van der Waals surface area contributed by atoms with E-state index in [0.717, 1.165) is 29.8 Å². The SMILES string of the molecule is CCCc1nn(-c2ccccc2C)c(Cl)c1C#N. The number of rotatable bonds is 3. The van der Waals surface area contributed by atoms with Gasteiger partial charge in [-0.25, -0.2) is 4.68 Å². The number of para-hydroxylation sites is 1. The van der Waals surface area contributed by atoms with Gasteiger partial charge in [0.2, 0.25) is 0 Å². The minimum absolute atomic E-state index is 0.398. The second kappa shape index (κ2) is 5.24. The average Bonchev–Trinajstić information content (AvgIpc) is 2.67. The lowest BCUT2D eigenvalue weighted by Crippen LogP contribution is -1.99. The highest BCUT2D eigenvalue weighted by Crippen LogP contribution is 2.25. The van der Waals surface area contributed by atoms with E-state index in [2.05, 4.69) is 18.1 Å². The predicted octanol–water partition coefficient (Wildman–Crippen LogP) is 3.66. The molecule has 0 saturated carbocycles. The molecule has 2 aromatic rings. The minimum Gasteiger partial charge on any atom is -0.220 e. The van der Waals surface area contributed by atoms with Gasteiger partial charge in [-0.05, 0) is 25.0 Å². The Labute approximate surface area is 112 Å². The Balaban J connectivity index is 2.60. The van der Waals surface area contributed by atoms with Gasteiger partial charge >= 0.3 is 0 Å². The predicted molar refractivity (Wildman–Crippen MR) is 72.0 cm³/mol. The second-order valence-corrected chi connectivity index (χ2v) is 4.53. The molecule has 0 spiro atoms. The normalized spacial score (nSPS) is 10.3. The fourth-order valence-corrected chi connectivity index (χ4v) is 2.20. The Morgan fingerprint density at radius 2 is 2.11 bits per heavy atom. The number of halogens is 1. The van der Waals surface area contributed by atoms with Crippen molar-refractivity contribution in [2.75, 3.05) is 0 Å². The third-order valence-electron chi connectivity index (χ3n) is 2.84. The summed E-state index contributed by atoms with van der Waals surface area (Å²) in [5.74, 6) is 0. The molecular formula is C14H14ClN3. The zero-order valence-corrected chi connectivity index (χ0v) is 11.2. The van der Waals surface area contributed by atoms with Gasteiger partial charge in [0.1, 0.15) is 11.6 Å². The molecule has 0 bridgehead atoms. The average molecular weight is 260 g/mol. The summed E-state index contributed by atoms with van der Waals surface area (Å²) >= 11 is 6.25. The van der Waals surface area contributed by atoms with Crippen LogP contribution in [0.15, 0.2) is 24.3 Å². The van der Waals surface area contributed by atoms with Crippen molar-refractivity contribution in [3.8, 4) is 11.8 Å². The van der Waals surface area contributed by atoms with Gasteiger partial charge in [-0.1, -0.05) is 43.1 Å². The van der Waals surface area contributed by atoms with Crippen molar-refractivity contribution < 1.29 is 0 Å². The summed E-state index contributed by atoms with van der Waals surface area (Å²) in [6.07, 6.45) is 1.71. The van der Waals surface area contributed by atoms with E-state index in [1.807, 2.05) is 31.2 Å². The third-order valence-corrected chi connectivity index (χ3v) is 3.19. The smallest absolute Gasteiger partial charge is 0.150 e. The summed E-state index contributed by atoms with van der Waals surface area (Å²) in [5, 5.41) is 14.0. The van der Waals surface area contributed by atoms with Crippen LogP contribution in [-0.4, -0.2) is 9.78 Å². The van der Waals surface area contributed by atoms with Crippen molar-refractivity contribution >= 4 is 11.6 Å². The number of hydrogen-bond acceptors (Lipinski definition) is 2. The van der Waals surface area contributed by atoms with Crippen LogP contribution in [-0.2, 0) is 6.42 Å². The van der Waals surface area contributed by atoms with Crippen LogP contribution in [0, 0.1) is 18.3 Å². The maximum atomic E-state index is 9.17. The molecule has 0 aliphatic heterocycles. The van der Waals surface area contributed by atoms with E-state index in [1.54, 1.807) is 4.68 Å². The first-order valence-electron chi connectivity index (χ1n) is 5.92. The van der Waals surface area contributed by atoms with Crippen LogP contribution in [0.4, 0.5) is 0 Å². The third kappa shape index (κ3) is 2.12. The molecule has 4 heteroatoms. The molecule has 3 nitrogen and oxygen atoms in total. The molecule has 18 heavy (non-hydrogen) atoms. The van der Waals surface area contributed by atoms with Gasteiger partial charge in [-0.2, -0.15) is 10.4 Å². The molecular weight excluding hydrogens is 246 g/mol. The summed E-state index contributed by atoms with van der Waals surface area (Å²) < 4.78 is 1.65. The highest BCUT2D eigenvalue weighted by Gasteiger charge is 2.17. The maximum absolute atomic E-state index is 9.17. The molecule has 1 heterocycles. The standard InChI is InChI=1S/C14H14ClN3/c1-3-6-12-11(9-16)14(15)18(17-12)13-8-5-4-7-10(13)2/h4-5,7-8H,3,6H2,1-2H3. The first-order chi connectivity index (χ1) is 8.69. The fraction of sp³-hybridized carbons (Fsp3) is 0.286. The molecule has 1 aromatic carbocycles. The summed E-state index contributed by atoms with van der Waals surface area (Å²) in [4.78, 5) is 0. The van der Waals surface area contributed by atoms with Gasteiger partial charge in [0, 0.05) is 0 Å². The largest absolute Gasteiger partial charge is 0.220 e. The molecule has 2 rings (SSSR count). The highest BCUT2D eigenvalue weighted by molar-refractivity contribution is 6.31. The second-order valence-electron chi connectivity index (χ2n) is 4.17. The lowest BCUT2D eigenvalue weighted by Gasteiger charge is -2.06. The van der Waals surface area contributed by atoms with E-state index in [1.165, 1.54) is 0 Å². The van der Waals surface area contributed by atoms with Crippen molar-refractivity contribution in [3.63, 3.8) is 0 Å². The molecule has 0 fully saturated rings. The van der Waals surface area contributed by atoms with Gasteiger partial charge in [-0.15, -0.1) is 0 Å². The Hall–Kier alpha value is -1.79. The molecule has 0 saturated heterocycles.